The van der Waals surface area contributed by atoms with Crippen molar-refractivity contribution in [1.29, 1.82) is 0 Å². The maximum atomic E-state index is 11.6. The molecule has 0 saturated carbocycles. The van der Waals surface area contributed by atoms with Crippen molar-refractivity contribution in [3.8, 4) is 0 Å². The van der Waals surface area contributed by atoms with Crippen molar-refractivity contribution in [2.45, 2.75) is 45.6 Å². The number of amides is 1. The van der Waals surface area contributed by atoms with Gasteiger partial charge in [-0.1, -0.05) is 13.8 Å². The average molecular weight is 255 g/mol. The molecule has 0 spiro atoms. The van der Waals surface area contributed by atoms with Crippen LogP contribution >= 0.6 is 0 Å². The molecule has 0 aromatic heterocycles. The molecule has 0 radical (unpaired) electrons. The monoisotopic (exact) mass is 255 g/mol. The van der Waals surface area contributed by atoms with Crippen LogP contribution in [0.25, 0.3) is 0 Å². The van der Waals surface area contributed by atoms with Crippen molar-refractivity contribution in [3.63, 3.8) is 0 Å². The predicted molar refractivity (Wildman–Crippen MR) is 75.6 cm³/mol. The van der Waals surface area contributed by atoms with Gasteiger partial charge in [0.25, 0.3) is 0 Å². The molecular formula is C14H29N3O. The minimum Gasteiger partial charge on any atom is -0.356 e. The fourth-order valence-corrected chi connectivity index (χ4v) is 2.33. The van der Waals surface area contributed by atoms with Crippen LogP contribution in [0.15, 0.2) is 0 Å². The van der Waals surface area contributed by atoms with Gasteiger partial charge in [-0.2, -0.15) is 0 Å². The van der Waals surface area contributed by atoms with E-state index in [2.05, 4.69) is 36.4 Å². The van der Waals surface area contributed by atoms with E-state index in [0.29, 0.717) is 12.5 Å². The lowest BCUT2D eigenvalue weighted by atomic mass is 9.94. The van der Waals surface area contributed by atoms with E-state index in [0.717, 1.165) is 25.4 Å². The number of carbonyl (C=O) groups is 1. The van der Waals surface area contributed by atoms with Gasteiger partial charge in [-0.3, -0.25) is 4.79 Å². The van der Waals surface area contributed by atoms with Crippen molar-refractivity contribution >= 4 is 5.91 Å². The van der Waals surface area contributed by atoms with E-state index in [-0.39, 0.29) is 5.91 Å². The highest BCUT2D eigenvalue weighted by Gasteiger charge is 2.16. The van der Waals surface area contributed by atoms with Crippen LogP contribution in [0.1, 0.15) is 39.5 Å². The maximum absolute atomic E-state index is 11.6. The summed E-state index contributed by atoms with van der Waals surface area (Å²) in [5, 5.41) is 6.28. The second-order valence-electron chi connectivity index (χ2n) is 5.74. The molecule has 2 N–H and O–H groups in total. The summed E-state index contributed by atoms with van der Waals surface area (Å²) in [6, 6.07) is 0.456. The van der Waals surface area contributed by atoms with Gasteiger partial charge in [0, 0.05) is 25.6 Å². The van der Waals surface area contributed by atoms with E-state index in [9.17, 15) is 4.79 Å². The van der Waals surface area contributed by atoms with Crippen LogP contribution in [0.5, 0.6) is 0 Å². The summed E-state index contributed by atoms with van der Waals surface area (Å²) in [5.74, 6) is 0.978. The van der Waals surface area contributed by atoms with E-state index < -0.39 is 0 Å². The Bertz CT molecular complexity index is 235. The molecule has 18 heavy (non-hydrogen) atoms. The summed E-state index contributed by atoms with van der Waals surface area (Å²) in [6.45, 7) is 8.22. The molecule has 0 aromatic rings. The van der Waals surface area contributed by atoms with E-state index in [1.807, 2.05) is 0 Å². The van der Waals surface area contributed by atoms with Gasteiger partial charge in [0.15, 0.2) is 0 Å². The number of nitrogens with one attached hydrogen (secondary N) is 2. The Morgan fingerprint density at radius 2 is 1.94 bits per heavy atom. The molecular weight excluding hydrogens is 226 g/mol. The van der Waals surface area contributed by atoms with E-state index in [4.69, 9.17) is 0 Å². The molecule has 4 nitrogen and oxygen atoms in total. The molecule has 1 aliphatic rings. The number of hydrogen-bond acceptors (Lipinski definition) is 3. The second-order valence-corrected chi connectivity index (χ2v) is 5.74. The second kappa shape index (κ2) is 8.48. The van der Waals surface area contributed by atoms with Gasteiger partial charge in [0.05, 0.1) is 0 Å². The third-order valence-electron chi connectivity index (χ3n) is 3.62. The van der Waals surface area contributed by atoms with Gasteiger partial charge >= 0.3 is 0 Å². The summed E-state index contributed by atoms with van der Waals surface area (Å²) < 4.78 is 0. The fraction of sp³-hybridized carbons (Fsp3) is 0.929. The zero-order valence-corrected chi connectivity index (χ0v) is 12.2. The normalized spacial score (nSPS) is 18.2. The molecule has 1 fully saturated rings. The van der Waals surface area contributed by atoms with Gasteiger partial charge < -0.3 is 15.5 Å². The molecule has 1 heterocycles. The minimum atomic E-state index is 0.177. The fourth-order valence-electron chi connectivity index (χ4n) is 2.33. The first-order valence-electron chi connectivity index (χ1n) is 7.26. The molecule has 0 aliphatic carbocycles. The zero-order valence-electron chi connectivity index (χ0n) is 12.2. The highest BCUT2D eigenvalue weighted by Crippen LogP contribution is 2.18. The topological polar surface area (TPSA) is 44.4 Å². The van der Waals surface area contributed by atoms with Crippen LogP contribution in [0.3, 0.4) is 0 Å². The summed E-state index contributed by atoms with van der Waals surface area (Å²) in [7, 11) is 2.18. The van der Waals surface area contributed by atoms with Gasteiger partial charge in [0.1, 0.15) is 0 Å². The Kier molecular flexibility index (Phi) is 7.28. The molecule has 1 amide bonds. The first-order chi connectivity index (χ1) is 8.58. The summed E-state index contributed by atoms with van der Waals surface area (Å²) in [5.41, 5.74) is 0. The van der Waals surface area contributed by atoms with Crippen LogP contribution in [0, 0.1) is 5.92 Å². The van der Waals surface area contributed by atoms with E-state index >= 15 is 0 Å². The highest BCUT2D eigenvalue weighted by molar-refractivity contribution is 5.75. The summed E-state index contributed by atoms with van der Waals surface area (Å²) in [4.78, 5) is 13.9. The SMILES string of the molecule is CC(C)NCCC(=O)NCCC1CCN(C)CC1. The lowest BCUT2D eigenvalue weighted by molar-refractivity contribution is -0.121. The molecule has 4 heteroatoms. The number of likely N-dealkylation sites (tertiary alicyclic amines) is 1. The van der Waals surface area contributed by atoms with Gasteiger partial charge in [-0.25, -0.2) is 0 Å². The average Bonchev–Trinajstić information content (AvgIpc) is 2.31. The van der Waals surface area contributed by atoms with Gasteiger partial charge in [-0.15, -0.1) is 0 Å². The number of hydrogen-bond donors (Lipinski definition) is 2. The molecule has 0 atom stereocenters. The molecule has 1 rings (SSSR count). The largest absolute Gasteiger partial charge is 0.356 e. The lowest BCUT2D eigenvalue weighted by Gasteiger charge is -2.28. The Morgan fingerprint density at radius 1 is 1.28 bits per heavy atom. The molecule has 106 valence electrons. The minimum absolute atomic E-state index is 0.177. The summed E-state index contributed by atoms with van der Waals surface area (Å²) >= 11 is 0. The maximum Gasteiger partial charge on any atom is 0.221 e. The van der Waals surface area contributed by atoms with Crippen LogP contribution in [0.2, 0.25) is 0 Å². The predicted octanol–water partition coefficient (Wildman–Crippen LogP) is 1.22. The molecule has 0 bridgehead atoms. The molecule has 1 aliphatic heterocycles. The first kappa shape index (κ1) is 15.4. The Labute approximate surface area is 111 Å². The quantitative estimate of drug-likeness (QED) is 0.719. The van der Waals surface area contributed by atoms with Crippen LogP contribution in [-0.4, -0.2) is 50.1 Å². The molecule has 0 unspecified atom stereocenters. The molecule has 0 aromatic carbocycles. The smallest absolute Gasteiger partial charge is 0.221 e. The Hall–Kier alpha value is -0.610. The van der Waals surface area contributed by atoms with Crippen LogP contribution in [0.4, 0.5) is 0 Å². The molecule has 1 saturated heterocycles. The summed E-state index contributed by atoms with van der Waals surface area (Å²) in [6.07, 6.45) is 4.28. The number of piperidine rings is 1. The van der Waals surface area contributed by atoms with Crippen molar-refractivity contribution in [2.24, 2.45) is 5.92 Å². The Morgan fingerprint density at radius 3 is 2.56 bits per heavy atom. The van der Waals surface area contributed by atoms with Gasteiger partial charge in [0.2, 0.25) is 5.91 Å². The van der Waals surface area contributed by atoms with Crippen LogP contribution < -0.4 is 10.6 Å². The van der Waals surface area contributed by atoms with Crippen LogP contribution in [-0.2, 0) is 4.79 Å². The van der Waals surface area contributed by atoms with Crippen molar-refractivity contribution < 1.29 is 4.79 Å². The lowest BCUT2D eigenvalue weighted by Crippen LogP contribution is -2.34. The van der Waals surface area contributed by atoms with E-state index in [1.54, 1.807) is 0 Å². The highest BCUT2D eigenvalue weighted by atomic mass is 16.1. The Balaban J connectivity index is 1.98. The third kappa shape index (κ3) is 6.97. The number of nitrogens with zero attached hydrogens (tertiary/aromatic N) is 1. The van der Waals surface area contributed by atoms with Crippen molar-refractivity contribution in [3.05, 3.63) is 0 Å². The first-order valence-corrected chi connectivity index (χ1v) is 7.26. The van der Waals surface area contributed by atoms with Crippen molar-refractivity contribution in [2.75, 3.05) is 33.2 Å². The number of rotatable bonds is 7. The zero-order chi connectivity index (χ0) is 13.4. The van der Waals surface area contributed by atoms with Crippen molar-refractivity contribution in [1.82, 2.24) is 15.5 Å². The number of carbonyl (C=O) groups excluding carboxylic acids is 1. The standard InChI is InChI=1S/C14H29N3O/c1-12(2)15-9-5-14(18)16-8-4-13-6-10-17(3)11-7-13/h12-13,15H,4-11H2,1-3H3,(H,16,18). The third-order valence-corrected chi connectivity index (χ3v) is 3.62. The van der Waals surface area contributed by atoms with E-state index in [1.165, 1.54) is 25.9 Å². The van der Waals surface area contributed by atoms with Gasteiger partial charge in [-0.05, 0) is 45.3 Å².